The minimum Gasteiger partial charge on any atom is -0.494 e. The highest BCUT2D eigenvalue weighted by molar-refractivity contribution is 5.96. The molecule has 1 saturated carbocycles. The van der Waals surface area contributed by atoms with Gasteiger partial charge in [0.2, 0.25) is 0 Å². The number of fused-ring (bicyclic) bond motifs is 1. The molecule has 0 bridgehead atoms. The predicted octanol–water partition coefficient (Wildman–Crippen LogP) is 6.46. The third kappa shape index (κ3) is 5.73. The molecule has 4 aromatic rings. The largest absolute Gasteiger partial charge is 0.494 e. The average molecular weight is 553 g/mol. The van der Waals surface area contributed by atoms with Crippen molar-refractivity contribution in [1.29, 1.82) is 5.26 Å². The lowest BCUT2D eigenvalue weighted by atomic mass is 9.92. The molecule has 12 heteroatoms. The number of aryl methyl sites for hydroxylation is 1. The van der Waals surface area contributed by atoms with Crippen LogP contribution in [0.1, 0.15) is 44.2 Å². The van der Waals surface area contributed by atoms with Gasteiger partial charge in [-0.25, -0.2) is 9.78 Å². The van der Waals surface area contributed by atoms with Crippen LogP contribution in [0.2, 0.25) is 0 Å². The van der Waals surface area contributed by atoms with Crippen LogP contribution in [-0.2, 0) is 11.3 Å². The molecule has 9 nitrogen and oxygen atoms in total. The van der Waals surface area contributed by atoms with Crippen LogP contribution < -0.4 is 10.1 Å². The van der Waals surface area contributed by atoms with Crippen LogP contribution >= 0.6 is 0 Å². The summed E-state index contributed by atoms with van der Waals surface area (Å²) in [6.45, 7) is 1.92. The van der Waals surface area contributed by atoms with E-state index in [9.17, 15) is 23.2 Å². The van der Waals surface area contributed by atoms with Gasteiger partial charge in [-0.2, -0.15) is 23.5 Å². The smallest absolute Gasteiger partial charge is 0.425 e. The molecule has 1 N–H and O–H groups in total. The Morgan fingerprint density at radius 2 is 2.00 bits per heavy atom. The molecule has 1 amide bonds. The number of amides is 1. The number of anilines is 1. The van der Waals surface area contributed by atoms with E-state index in [0.29, 0.717) is 24.5 Å². The Balaban J connectivity index is 1.38. The number of halogens is 3. The summed E-state index contributed by atoms with van der Waals surface area (Å²) in [5.41, 5.74) is 3.21. The molecule has 5 rings (SSSR count). The number of nitrogens with zero attached hydrogens (tertiary/aromatic N) is 5. The zero-order valence-corrected chi connectivity index (χ0v) is 21.7. The van der Waals surface area contributed by atoms with Crippen LogP contribution in [-0.4, -0.2) is 44.3 Å². The molecule has 1 unspecified atom stereocenters. The summed E-state index contributed by atoms with van der Waals surface area (Å²) in [6, 6.07) is 15.0. The van der Waals surface area contributed by atoms with Crippen molar-refractivity contribution < 1.29 is 27.4 Å². The maximum atomic E-state index is 12.7. The maximum absolute atomic E-state index is 12.7. The number of nitriles is 1. The molecule has 40 heavy (non-hydrogen) atoms. The second kappa shape index (κ2) is 11.3. The molecule has 0 aliphatic heterocycles. The Bertz CT molecular complexity index is 1520. The van der Waals surface area contributed by atoms with E-state index in [1.807, 2.05) is 18.2 Å². The monoisotopic (exact) mass is 552 g/mol. The van der Waals surface area contributed by atoms with Crippen molar-refractivity contribution in [3.05, 3.63) is 60.7 Å². The van der Waals surface area contributed by atoms with Gasteiger partial charge in [-0.15, -0.1) is 0 Å². The van der Waals surface area contributed by atoms with Crippen molar-refractivity contribution in [1.82, 2.24) is 19.3 Å². The number of benzene rings is 2. The molecule has 2 heterocycles. The fourth-order valence-electron chi connectivity index (χ4n) is 4.66. The van der Waals surface area contributed by atoms with Crippen molar-refractivity contribution in [3.8, 4) is 23.1 Å². The maximum Gasteiger partial charge on any atom is 0.425 e. The van der Waals surface area contributed by atoms with Gasteiger partial charge in [0.25, 0.3) is 0 Å². The molecule has 1 fully saturated rings. The van der Waals surface area contributed by atoms with E-state index in [4.69, 9.17) is 4.74 Å². The molecule has 208 valence electrons. The molecular formula is C28H27F3N6O3. The lowest BCUT2D eigenvalue weighted by Crippen LogP contribution is -2.32. The normalized spacial score (nSPS) is 14.4. The zero-order chi connectivity index (χ0) is 28.3. The van der Waals surface area contributed by atoms with E-state index in [-0.39, 0.29) is 11.7 Å². The first-order valence-electron chi connectivity index (χ1n) is 12.9. The minimum atomic E-state index is -4.65. The van der Waals surface area contributed by atoms with Crippen LogP contribution in [0.4, 0.5) is 23.7 Å². The van der Waals surface area contributed by atoms with E-state index in [0.717, 1.165) is 54.8 Å². The van der Waals surface area contributed by atoms with Gasteiger partial charge in [-0.05, 0) is 62.1 Å². The van der Waals surface area contributed by atoms with Gasteiger partial charge in [0.15, 0.2) is 6.10 Å². The number of aromatic nitrogens is 4. The summed E-state index contributed by atoms with van der Waals surface area (Å²) >= 11 is 0. The third-order valence-electron chi connectivity index (χ3n) is 6.94. The fraction of sp³-hybridized carbons (Fsp3) is 0.357. The van der Waals surface area contributed by atoms with Crippen molar-refractivity contribution in [2.24, 2.45) is 0 Å². The predicted molar refractivity (Wildman–Crippen MR) is 141 cm³/mol. The SMILES string of the molecule is CC(OC(=O)Nc1ccc(-c2c(C#N)c3cc(OCCCn4cncn4)ccc3n2C2CCC2)cc1)C(F)(F)F. The summed E-state index contributed by atoms with van der Waals surface area (Å²) in [5.74, 6) is 0.658. The quantitative estimate of drug-likeness (QED) is 0.239. The fourth-order valence-corrected chi connectivity index (χ4v) is 4.66. The van der Waals surface area contributed by atoms with Crippen LogP contribution in [0.5, 0.6) is 5.75 Å². The zero-order valence-electron chi connectivity index (χ0n) is 21.7. The Labute approximate surface area is 228 Å². The lowest BCUT2D eigenvalue weighted by Gasteiger charge is -2.30. The highest BCUT2D eigenvalue weighted by atomic mass is 19.4. The minimum absolute atomic E-state index is 0.241. The second-order valence-electron chi connectivity index (χ2n) is 9.62. The Hall–Kier alpha value is -4.53. The molecule has 1 aliphatic carbocycles. The molecule has 2 aromatic carbocycles. The van der Waals surface area contributed by atoms with Gasteiger partial charge in [-0.1, -0.05) is 12.1 Å². The Morgan fingerprint density at radius 1 is 1.23 bits per heavy atom. The van der Waals surface area contributed by atoms with Crippen molar-refractivity contribution in [2.75, 3.05) is 11.9 Å². The summed E-state index contributed by atoms with van der Waals surface area (Å²) in [4.78, 5) is 15.8. The molecule has 1 atom stereocenters. The average Bonchev–Trinajstić information content (AvgIpc) is 3.51. The van der Waals surface area contributed by atoms with Crippen LogP contribution in [0.25, 0.3) is 22.2 Å². The molecule has 2 aromatic heterocycles. The first-order chi connectivity index (χ1) is 19.2. The van der Waals surface area contributed by atoms with Gasteiger partial charge in [0, 0.05) is 30.1 Å². The van der Waals surface area contributed by atoms with Gasteiger partial charge < -0.3 is 14.0 Å². The van der Waals surface area contributed by atoms with Crippen molar-refractivity contribution in [2.45, 2.75) is 57.5 Å². The highest BCUT2D eigenvalue weighted by Gasteiger charge is 2.39. The number of nitrogens with one attached hydrogen (secondary N) is 1. The molecule has 0 spiro atoms. The number of hydrogen-bond donors (Lipinski definition) is 1. The number of carbonyl (C=O) groups excluding carboxylic acids is 1. The first kappa shape index (κ1) is 27.1. The van der Waals surface area contributed by atoms with Crippen LogP contribution in [0.3, 0.4) is 0 Å². The van der Waals surface area contributed by atoms with Crippen molar-refractivity contribution in [3.63, 3.8) is 0 Å². The van der Waals surface area contributed by atoms with Crippen LogP contribution in [0, 0.1) is 11.3 Å². The molecule has 0 saturated heterocycles. The number of hydrogen-bond acceptors (Lipinski definition) is 6. The summed E-state index contributed by atoms with van der Waals surface area (Å²) in [5, 5.41) is 17.4. The van der Waals surface area contributed by atoms with E-state index in [2.05, 4.69) is 30.8 Å². The molecule has 1 aliphatic rings. The number of ether oxygens (including phenoxy) is 2. The summed E-state index contributed by atoms with van der Waals surface area (Å²) in [7, 11) is 0. The first-order valence-corrected chi connectivity index (χ1v) is 12.9. The van der Waals surface area contributed by atoms with E-state index in [1.165, 1.54) is 6.33 Å². The Morgan fingerprint density at radius 3 is 2.62 bits per heavy atom. The summed E-state index contributed by atoms with van der Waals surface area (Å²) < 4.78 is 52.4. The number of carbonyl (C=O) groups is 1. The molecule has 0 radical (unpaired) electrons. The van der Waals surface area contributed by atoms with Gasteiger partial charge in [-0.3, -0.25) is 10.00 Å². The van der Waals surface area contributed by atoms with Crippen LogP contribution in [0.15, 0.2) is 55.1 Å². The highest BCUT2D eigenvalue weighted by Crippen LogP contribution is 2.43. The van der Waals surface area contributed by atoms with Gasteiger partial charge in [0.05, 0.1) is 23.4 Å². The summed E-state index contributed by atoms with van der Waals surface area (Å²) in [6.07, 6.45) is -1.12. The van der Waals surface area contributed by atoms with E-state index < -0.39 is 18.4 Å². The van der Waals surface area contributed by atoms with Gasteiger partial charge in [0.1, 0.15) is 24.5 Å². The number of alkyl halides is 3. The lowest BCUT2D eigenvalue weighted by molar-refractivity contribution is -0.196. The topological polar surface area (TPSA) is 107 Å². The standard InChI is InChI=1S/C28H27F3N6O3/c1-18(28(29,30)31)40-27(38)35-20-8-6-19(7-9-20)26-24(15-32)23-14-22(39-13-3-12-36-17-33-16-34-36)10-11-25(23)37(26)21-4-2-5-21/h6-11,14,16-18,21H,2-5,12-13H2,1H3,(H,35,38). The van der Waals surface area contributed by atoms with Crippen molar-refractivity contribution >= 4 is 22.7 Å². The van der Waals surface area contributed by atoms with E-state index in [1.54, 1.807) is 35.3 Å². The van der Waals surface area contributed by atoms with E-state index >= 15 is 0 Å². The van der Waals surface area contributed by atoms with Gasteiger partial charge >= 0.3 is 12.3 Å². The Kier molecular flexibility index (Phi) is 7.64. The second-order valence-corrected chi connectivity index (χ2v) is 9.62. The third-order valence-corrected chi connectivity index (χ3v) is 6.94. The molecular weight excluding hydrogens is 525 g/mol. The number of rotatable bonds is 9.